The molecule has 0 radical (unpaired) electrons. The highest BCUT2D eigenvalue weighted by Crippen LogP contribution is 2.31. The normalized spacial score (nSPS) is 12.8. The van der Waals surface area contributed by atoms with Crippen LogP contribution in [0, 0.1) is 5.82 Å². The minimum atomic E-state index is -1.18. The maximum Gasteiger partial charge on any atom is 0.416 e. The van der Waals surface area contributed by atoms with E-state index < -0.39 is 24.0 Å². The van der Waals surface area contributed by atoms with Gasteiger partial charge in [-0.1, -0.05) is 18.2 Å². The summed E-state index contributed by atoms with van der Waals surface area (Å²) < 4.78 is 21.2. The highest BCUT2D eigenvalue weighted by atomic mass is 19.1. The second-order valence-corrected chi connectivity index (χ2v) is 7.87. The summed E-state index contributed by atoms with van der Waals surface area (Å²) >= 11 is 0. The molecule has 1 amide bonds. The first kappa shape index (κ1) is 23.9. The van der Waals surface area contributed by atoms with Gasteiger partial charge in [0.25, 0.3) is 0 Å². The second kappa shape index (κ2) is 10.4. The summed E-state index contributed by atoms with van der Waals surface area (Å²) in [7, 11) is 0. The Morgan fingerprint density at radius 3 is 2.74 bits per heavy atom. The number of amides is 1. The lowest BCUT2D eigenvalue weighted by molar-refractivity contribution is 0.204. The summed E-state index contributed by atoms with van der Waals surface area (Å²) in [6.45, 7) is 1.64. The van der Waals surface area contributed by atoms with E-state index in [9.17, 15) is 14.3 Å². The quantitative estimate of drug-likeness (QED) is 0.285. The monoisotopic (exact) mass is 480 g/mol. The van der Waals surface area contributed by atoms with Crippen molar-refractivity contribution in [3.05, 3.63) is 78.4 Å². The third kappa shape index (κ3) is 5.31. The predicted octanol–water partition coefficient (Wildman–Crippen LogP) is 3.56. The Balaban J connectivity index is 1.64. The molecule has 10 nitrogen and oxygen atoms in total. The van der Waals surface area contributed by atoms with Crippen LogP contribution in [0.3, 0.4) is 0 Å². The average Bonchev–Trinajstić information content (AvgIpc) is 3.26. The SMILES string of the molecule is C[C@@H](Nc1ccn2ncc(N(C(=O)O)c3ccccc3)c2n1)c1cc(F)ccc1OCC(N)CO. The molecule has 0 saturated heterocycles. The number of halogens is 1. The Kier molecular flexibility index (Phi) is 7.09. The molecule has 2 aromatic carbocycles. The third-order valence-electron chi connectivity index (χ3n) is 5.29. The van der Waals surface area contributed by atoms with Gasteiger partial charge in [-0.05, 0) is 43.3 Å². The Hall–Kier alpha value is -4.22. The van der Waals surface area contributed by atoms with Crippen molar-refractivity contribution in [2.24, 2.45) is 5.73 Å². The van der Waals surface area contributed by atoms with Crippen LogP contribution >= 0.6 is 0 Å². The van der Waals surface area contributed by atoms with E-state index in [0.717, 1.165) is 4.90 Å². The maximum atomic E-state index is 14.0. The van der Waals surface area contributed by atoms with Crippen LogP contribution < -0.4 is 20.7 Å². The molecule has 0 bridgehead atoms. The number of hydrogen-bond acceptors (Lipinski definition) is 7. The number of anilines is 3. The first-order chi connectivity index (χ1) is 16.9. The van der Waals surface area contributed by atoms with Gasteiger partial charge in [-0.3, -0.25) is 0 Å². The number of aromatic nitrogens is 3. The number of aliphatic hydroxyl groups is 1. The van der Waals surface area contributed by atoms with Crippen molar-refractivity contribution >= 4 is 28.9 Å². The van der Waals surface area contributed by atoms with Crippen LogP contribution in [0.25, 0.3) is 5.65 Å². The van der Waals surface area contributed by atoms with Crippen molar-refractivity contribution in [1.29, 1.82) is 0 Å². The average molecular weight is 481 g/mol. The molecule has 4 rings (SSSR count). The highest BCUT2D eigenvalue weighted by Gasteiger charge is 2.22. The van der Waals surface area contributed by atoms with Crippen molar-refractivity contribution in [1.82, 2.24) is 14.6 Å². The molecule has 0 fully saturated rings. The molecule has 4 aromatic rings. The van der Waals surface area contributed by atoms with Crippen LogP contribution in [0.15, 0.2) is 67.0 Å². The van der Waals surface area contributed by atoms with E-state index in [-0.39, 0.29) is 18.9 Å². The topological polar surface area (TPSA) is 138 Å². The van der Waals surface area contributed by atoms with Crippen LogP contribution in [0.5, 0.6) is 5.75 Å². The number of rotatable bonds is 9. The molecule has 2 atom stereocenters. The molecule has 1 unspecified atom stereocenters. The first-order valence-electron chi connectivity index (χ1n) is 10.8. The van der Waals surface area contributed by atoms with E-state index in [4.69, 9.17) is 15.6 Å². The van der Waals surface area contributed by atoms with Gasteiger partial charge < -0.3 is 26.0 Å². The van der Waals surface area contributed by atoms with Crippen LogP contribution in [0.4, 0.5) is 26.4 Å². The van der Waals surface area contributed by atoms with Crippen molar-refractivity contribution in [3.8, 4) is 5.75 Å². The summed E-state index contributed by atoms with van der Waals surface area (Å²) in [6.07, 6.45) is 1.90. The number of ether oxygens (including phenoxy) is 1. The van der Waals surface area contributed by atoms with Gasteiger partial charge in [-0.15, -0.1) is 0 Å². The van der Waals surface area contributed by atoms with E-state index in [1.165, 1.54) is 28.9 Å². The molecule has 182 valence electrons. The molecular formula is C24H25FN6O4. The molecule has 0 aliphatic carbocycles. The minimum absolute atomic E-state index is 0.0652. The maximum absolute atomic E-state index is 14.0. The van der Waals surface area contributed by atoms with Crippen molar-refractivity contribution in [2.45, 2.75) is 19.0 Å². The molecule has 0 aliphatic heterocycles. The molecule has 35 heavy (non-hydrogen) atoms. The van der Waals surface area contributed by atoms with Gasteiger partial charge in [0.2, 0.25) is 0 Å². The first-order valence-corrected chi connectivity index (χ1v) is 10.8. The number of benzene rings is 2. The summed E-state index contributed by atoms with van der Waals surface area (Å²) in [5.74, 6) is 0.406. The van der Waals surface area contributed by atoms with Crippen LogP contribution in [0.2, 0.25) is 0 Å². The van der Waals surface area contributed by atoms with Gasteiger partial charge in [0, 0.05) is 11.8 Å². The lowest BCUT2D eigenvalue weighted by atomic mass is 10.1. The zero-order valence-electron chi connectivity index (χ0n) is 18.9. The van der Waals surface area contributed by atoms with E-state index in [1.807, 2.05) is 6.92 Å². The molecule has 2 heterocycles. The van der Waals surface area contributed by atoms with Gasteiger partial charge in [0.05, 0.1) is 30.6 Å². The fraction of sp³-hybridized carbons (Fsp3) is 0.208. The zero-order chi connectivity index (χ0) is 24.9. The van der Waals surface area contributed by atoms with Gasteiger partial charge >= 0.3 is 6.09 Å². The summed E-state index contributed by atoms with van der Waals surface area (Å²) in [4.78, 5) is 17.7. The second-order valence-electron chi connectivity index (χ2n) is 7.87. The summed E-state index contributed by atoms with van der Waals surface area (Å²) in [5.41, 5.74) is 7.30. The predicted molar refractivity (Wildman–Crippen MR) is 129 cm³/mol. The molecule has 5 N–H and O–H groups in total. The summed E-state index contributed by atoms with van der Waals surface area (Å²) in [5, 5.41) is 26.4. The highest BCUT2D eigenvalue weighted by molar-refractivity contribution is 5.98. The zero-order valence-corrected chi connectivity index (χ0v) is 18.9. The molecule has 0 saturated carbocycles. The minimum Gasteiger partial charge on any atom is -0.492 e. The molecule has 2 aromatic heterocycles. The third-order valence-corrected chi connectivity index (χ3v) is 5.29. The van der Waals surface area contributed by atoms with Crippen molar-refractivity contribution in [3.63, 3.8) is 0 Å². The van der Waals surface area contributed by atoms with E-state index in [1.54, 1.807) is 42.6 Å². The molecule has 0 aliphatic rings. The fourth-order valence-corrected chi connectivity index (χ4v) is 3.56. The number of carbonyl (C=O) groups is 1. The standard InChI is InChI=1S/C24H25FN6O4/c1-15(19-11-16(25)7-8-21(19)35-14-17(26)13-32)28-22-9-10-30-23(29-22)20(12-27-30)31(24(33)34)18-5-3-2-4-6-18/h2-12,15,17,32H,13-14,26H2,1H3,(H,28,29)(H,33,34)/t15-,17?/m1/s1. The number of nitrogens with zero attached hydrogens (tertiary/aromatic N) is 4. The largest absolute Gasteiger partial charge is 0.492 e. The fourth-order valence-electron chi connectivity index (χ4n) is 3.56. The number of hydrogen-bond donors (Lipinski definition) is 4. The molecular weight excluding hydrogens is 455 g/mol. The van der Waals surface area contributed by atoms with Gasteiger partial charge in [-0.2, -0.15) is 5.10 Å². The summed E-state index contributed by atoms with van der Waals surface area (Å²) in [6, 6.07) is 13.4. The van der Waals surface area contributed by atoms with Crippen molar-refractivity contribution in [2.75, 3.05) is 23.4 Å². The number of para-hydroxylation sites is 1. The van der Waals surface area contributed by atoms with Crippen LogP contribution in [0.1, 0.15) is 18.5 Å². The lowest BCUT2D eigenvalue weighted by Crippen LogP contribution is -2.31. The number of nitrogens with one attached hydrogen (secondary N) is 1. The lowest BCUT2D eigenvalue weighted by Gasteiger charge is -2.20. The van der Waals surface area contributed by atoms with Gasteiger partial charge in [0.15, 0.2) is 5.65 Å². The number of nitrogens with two attached hydrogens (primary N) is 1. The van der Waals surface area contributed by atoms with E-state index in [0.29, 0.717) is 28.5 Å². The van der Waals surface area contributed by atoms with Crippen LogP contribution in [-0.2, 0) is 0 Å². The van der Waals surface area contributed by atoms with Crippen LogP contribution in [-0.4, -0.2) is 50.2 Å². The van der Waals surface area contributed by atoms with E-state index >= 15 is 0 Å². The Bertz CT molecular complexity index is 1320. The Morgan fingerprint density at radius 1 is 1.26 bits per heavy atom. The molecule has 11 heteroatoms. The number of aliphatic hydroxyl groups excluding tert-OH is 1. The van der Waals surface area contributed by atoms with Gasteiger partial charge in [-0.25, -0.2) is 23.6 Å². The number of fused-ring (bicyclic) bond motifs is 1. The van der Waals surface area contributed by atoms with E-state index in [2.05, 4.69) is 15.4 Å². The Morgan fingerprint density at radius 2 is 2.03 bits per heavy atom. The van der Waals surface area contributed by atoms with Gasteiger partial charge in [0.1, 0.15) is 29.7 Å². The number of carboxylic acid groups (broad SMARTS) is 1. The van der Waals surface area contributed by atoms with Crippen molar-refractivity contribution < 1.29 is 24.1 Å². The molecule has 0 spiro atoms. The Labute approximate surface area is 200 Å². The smallest absolute Gasteiger partial charge is 0.416 e.